The highest BCUT2D eigenvalue weighted by atomic mass is 16.3. The average Bonchev–Trinajstić information content (AvgIpc) is 2.73. The highest BCUT2D eigenvalue weighted by molar-refractivity contribution is 5.60. The van der Waals surface area contributed by atoms with Crippen LogP contribution in [0.5, 0.6) is 0 Å². The number of aliphatic hydroxyl groups excluding tert-OH is 2. The number of carbonyl (C=O) groups is 1. The van der Waals surface area contributed by atoms with Crippen molar-refractivity contribution in [3.05, 3.63) is 12.2 Å². The van der Waals surface area contributed by atoms with Crippen molar-refractivity contribution in [1.82, 2.24) is 0 Å². The molecule has 3 heteroatoms. The van der Waals surface area contributed by atoms with Gasteiger partial charge in [0.2, 0.25) is 0 Å². The Hall–Kier alpha value is -0.670. The molecule has 202 valence electrons. The van der Waals surface area contributed by atoms with E-state index in [1.807, 2.05) is 13.0 Å². The van der Waals surface area contributed by atoms with Gasteiger partial charge in [-0.2, -0.15) is 0 Å². The second-order valence-electron chi connectivity index (χ2n) is 15.6. The smallest absolute Gasteiger partial charge is 0.126 e. The zero-order valence-corrected chi connectivity index (χ0v) is 24.6. The summed E-state index contributed by atoms with van der Waals surface area (Å²) in [5, 5.41) is 21.5. The van der Waals surface area contributed by atoms with Crippen molar-refractivity contribution in [2.24, 2.45) is 50.2 Å². The van der Waals surface area contributed by atoms with Crippen molar-refractivity contribution in [2.45, 2.75) is 133 Å². The molecule has 2 N–H and O–H groups in total. The maximum absolute atomic E-state index is 12.6. The van der Waals surface area contributed by atoms with Crippen LogP contribution in [0.4, 0.5) is 0 Å². The summed E-state index contributed by atoms with van der Waals surface area (Å²) in [5.74, 6) is 1.10. The van der Waals surface area contributed by atoms with Crippen molar-refractivity contribution >= 4 is 6.29 Å². The molecule has 0 radical (unpaired) electrons. The first kappa shape index (κ1) is 28.9. The monoisotopic (exact) mass is 488 g/mol. The lowest BCUT2D eigenvalue weighted by Crippen LogP contribution is -2.60. The number of fused-ring (bicyclic) bond motifs is 1. The van der Waals surface area contributed by atoms with Gasteiger partial charge in [-0.1, -0.05) is 74.5 Å². The first-order valence-electron chi connectivity index (χ1n) is 14.4. The molecule has 0 amide bonds. The van der Waals surface area contributed by atoms with Gasteiger partial charge in [0.05, 0.1) is 12.2 Å². The zero-order valence-electron chi connectivity index (χ0n) is 24.6. The molecule has 8 atom stereocenters. The Bertz CT molecular complexity index is 808. The normalized spacial score (nSPS) is 43.9. The molecule has 0 aromatic rings. The van der Waals surface area contributed by atoms with Crippen molar-refractivity contribution in [3.8, 4) is 0 Å². The first-order valence-corrected chi connectivity index (χ1v) is 14.4. The van der Waals surface area contributed by atoms with Crippen LogP contribution in [0.15, 0.2) is 12.2 Å². The Morgan fingerprint density at radius 2 is 1.71 bits per heavy atom. The van der Waals surface area contributed by atoms with E-state index in [1.54, 1.807) is 0 Å². The predicted molar refractivity (Wildman–Crippen MR) is 146 cm³/mol. The largest absolute Gasteiger partial charge is 0.393 e. The van der Waals surface area contributed by atoms with Gasteiger partial charge in [0.25, 0.3) is 0 Å². The number of hydrogen-bond donors (Lipinski definition) is 2. The topological polar surface area (TPSA) is 57.5 Å². The van der Waals surface area contributed by atoms with Crippen LogP contribution < -0.4 is 0 Å². The minimum Gasteiger partial charge on any atom is -0.393 e. The molecule has 0 aromatic carbocycles. The van der Waals surface area contributed by atoms with Crippen molar-refractivity contribution < 1.29 is 15.0 Å². The lowest BCUT2D eigenvalue weighted by molar-refractivity contribution is -0.160. The van der Waals surface area contributed by atoms with Crippen LogP contribution in [0.25, 0.3) is 0 Å². The van der Waals surface area contributed by atoms with E-state index in [2.05, 4.69) is 68.4 Å². The second kappa shape index (κ2) is 9.26. The molecule has 0 heterocycles. The summed E-state index contributed by atoms with van der Waals surface area (Å²) in [6.45, 7) is 23.1. The fourth-order valence-electron chi connectivity index (χ4n) is 9.07. The van der Waals surface area contributed by atoms with Crippen LogP contribution in [0.2, 0.25) is 0 Å². The lowest BCUT2D eigenvalue weighted by Gasteiger charge is -2.65. The molecule has 0 aliphatic heterocycles. The number of rotatable bonds is 7. The van der Waals surface area contributed by atoms with Gasteiger partial charge in [0.1, 0.15) is 6.29 Å². The summed E-state index contributed by atoms with van der Waals surface area (Å²) in [6.07, 6.45) is 13.0. The third kappa shape index (κ3) is 4.83. The molecule has 3 rings (SSSR count). The van der Waals surface area contributed by atoms with Gasteiger partial charge in [-0.05, 0) is 103 Å². The quantitative estimate of drug-likeness (QED) is 0.287. The second-order valence-corrected chi connectivity index (χ2v) is 15.6. The number of carbonyl (C=O) groups excluding carboxylic acids is 1. The van der Waals surface area contributed by atoms with Gasteiger partial charge >= 0.3 is 0 Å². The molecule has 2 fully saturated rings. The fraction of sp³-hybridized carbons (Fsp3) is 0.906. The summed E-state index contributed by atoms with van der Waals surface area (Å²) in [6, 6.07) is 0. The van der Waals surface area contributed by atoms with Crippen LogP contribution in [-0.4, -0.2) is 28.7 Å². The molecule has 1 unspecified atom stereocenters. The van der Waals surface area contributed by atoms with E-state index in [9.17, 15) is 15.0 Å². The van der Waals surface area contributed by atoms with E-state index in [0.29, 0.717) is 23.2 Å². The Morgan fingerprint density at radius 1 is 1.09 bits per heavy atom. The van der Waals surface area contributed by atoms with E-state index >= 15 is 0 Å². The van der Waals surface area contributed by atoms with Crippen LogP contribution in [0, 0.1) is 50.2 Å². The van der Waals surface area contributed by atoms with E-state index in [-0.39, 0.29) is 33.2 Å². The van der Waals surface area contributed by atoms with Gasteiger partial charge in [0.15, 0.2) is 0 Å². The van der Waals surface area contributed by atoms with E-state index < -0.39 is 6.10 Å². The predicted octanol–water partition coefficient (Wildman–Crippen LogP) is 7.59. The standard InChI is InChI=1S/C32H56O3/c1-22-20-27(3,4)15-17-32(22,21-33)18-16-28(5,6)31(10)14-11-24-29(7,8)26(35)12-13-30(24,9)25(31)19-23(2)34/h12-13,21-26,34-35H,11,14-20H2,1-10H3/t22?,23-,24-,25+,26-,30-,31+,32+/m0/s1. The maximum atomic E-state index is 12.6. The third-order valence-corrected chi connectivity index (χ3v) is 12.2. The summed E-state index contributed by atoms with van der Waals surface area (Å²) < 4.78 is 0. The molecular weight excluding hydrogens is 432 g/mol. The summed E-state index contributed by atoms with van der Waals surface area (Å²) in [7, 11) is 0. The Morgan fingerprint density at radius 3 is 2.26 bits per heavy atom. The highest BCUT2D eigenvalue weighted by Gasteiger charge is 2.62. The Kier molecular flexibility index (Phi) is 7.65. The minimum atomic E-state index is -0.422. The molecule has 0 aromatic heterocycles. The molecule has 3 aliphatic rings. The van der Waals surface area contributed by atoms with Crippen molar-refractivity contribution in [1.29, 1.82) is 0 Å². The molecular formula is C32H56O3. The summed E-state index contributed by atoms with van der Waals surface area (Å²) in [5.41, 5.74) is -0.0862. The van der Waals surface area contributed by atoms with Crippen molar-refractivity contribution in [2.75, 3.05) is 0 Å². The Balaban J connectivity index is 1.94. The molecule has 35 heavy (non-hydrogen) atoms. The third-order valence-electron chi connectivity index (χ3n) is 12.2. The first-order chi connectivity index (χ1) is 15.9. The fourth-order valence-corrected chi connectivity index (χ4v) is 9.07. The van der Waals surface area contributed by atoms with Gasteiger partial charge in [-0.25, -0.2) is 0 Å². The zero-order chi connectivity index (χ0) is 26.7. The van der Waals surface area contributed by atoms with Gasteiger partial charge in [-0.3, -0.25) is 0 Å². The molecule has 3 aliphatic carbocycles. The van der Waals surface area contributed by atoms with Gasteiger partial charge in [0, 0.05) is 5.41 Å². The maximum Gasteiger partial charge on any atom is 0.126 e. The molecule has 0 spiro atoms. The van der Waals surface area contributed by atoms with E-state index in [0.717, 1.165) is 51.4 Å². The summed E-state index contributed by atoms with van der Waals surface area (Å²) in [4.78, 5) is 12.6. The lowest BCUT2D eigenvalue weighted by atomic mass is 9.39. The molecule has 0 bridgehead atoms. The number of allylic oxidation sites excluding steroid dienone is 1. The SMILES string of the molecule is CC1CC(C)(C)CC[C@]1(C=O)CCC(C)(C)[C@]1(C)CC[C@H]2C(C)(C)[C@@H](O)C=C[C@]2(C)[C@H]1C[C@H](C)O. The van der Waals surface area contributed by atoms with Crippen LogP contribution in [0.1, 0.15) is 121 Å². The van der Waals surface area contributed by atoms with Crippen LogP contribution >= 0.6 is 0 Å². The average molecular weight is 489 g/mol. The molecule has 2 saturated carbocycles. The molecule has 3 nitrogen and oxygen atoms in total. The van der Waals surface area contributed by atoms with Crippen LogP contribution in [-0.2, 0) is 4.79 Å². The van der Waals surface area contributed by atoms with Crippen LogP contribution in [0.3, 0.4) is 0 Å². The molecule has 0 saturated heterocycles. The van der Waals surface area contributed by atoms with Gasteiger partial charge in [-0.15, -0.1) is 0 Å². The number of aliphatic hydroxyl groups is 2. The number of hydrogen-bond acceptors (Lipinski definition) is 3. The Labute approximate surface area is 216 Å². The number of aldehydes is 1. The van der Waals surface area contributed by atoms with Crippen molar-refractivity contribution in [3.63, 3.8) is 0 Å². The highest BCUT2D eigenvalue weighted by Crippen LogP contribution is 2.68. The van der Waals surface area contributed by atoms with E-state index in [4.69, 9.17) is 0 Å². The minimum absolute atomic E-state index is 0.0251. The van der Waals surface area contributed by atoms with E-state index in [1.165, 1.54) is 6.29 Å². The summed E-state index contributed by atoms with van der Waals surface area (Å²) >= 11 is 0. The van der Waals surface area contributed by atoms with Gasteiger partial charge < -0.3 is 15.0 Å².